The molecule has 1 heterocycles. The lowest BCUT2D eigenvalue weighted by Gasteiger charge is -2.17. The second-order valence-corrected chi connectivity index (χ2v) is 7.22. The van der Waals surface area contributed by atoms with Crippen molar-refractivity contribution in [3.05, 3.63) is 66.2 Å². The number of nitrogens with one attached hydrogen (secondary N) is 1. The van der Waals surface area contributed by atoms with E-state index in [9.17, 15) is 22.9 Å². The highest BCUT2D eigenvalue weighted by molar-refractivity contribution is 7.89. The zero-order chi connectivity index (χ0) is 18.0. The molecule has 0 aliphatic rings. The van der Waals surface area contributed by atoms with Crippen LogP contribution in [0.5, 0.6) is 0 Å². The van der Waals surface area contributed by atoms with Crippen LogP contribution >= 0.6 is 0 Å². The lowest BCUT2D eigenvalue weighted by molar-refractivity contribution is 0.379. The Labute approximate surface area is 144 Å². The summed E-state index contributed by atoms with van der Waals surface area (Å²) in [5, 5.41) is 19.9. The molecule has 0 saturated carbocycles. The summed E-state index contributed by atoms with van der Waals surface area (Å²) < 4.78 is 46.0. The van der Waals surface area contributed by atoms with Gasteiger partial charge in [-0.15, -0.1) is 0 Å². The third-order valence-corrected chi connectivity index (χ3v) is 5.32. The molecular weight excluding hydrogens is 348 g/mol. The van der Waals surface area contributed by atoms with Crippen LogP contribution in [0.25, 0.3) is 11.0 Å². The van der Waals surface area contributed by atoms with Gasteiger partial charge in [0.25, 0.3) is 0 Å². The van der Waals surface area contributed by atoms with Crippen molar-refractivity contribution >= 4 is 28.1 Å². The topological polar surface area (TPSA) is 99.8 Å². The predicted octanol–water partition coefficient (Wildman–Crippen LogP) is 1.47. The Morgan fingerprint density at radius 2 is 1.80 bits per heavy atom. The molecule has 9 heteroatoms. The number of benzene rings is 2. The molecule has 6 nitrogen and oxygen atoms in total. The van der Waals surface area contributed by atoms with Crippen molar-refractivity contribution in [2.75, 3.05) is 0 Å². The van der Waals surface area contributed by atoms with Gasteiger partial charge in [-0.1, -0.05) is 30.3 Å². The fourth-order valence-corrected chi connectivity index (χ4v) is 3.87. The summed E-state index contributed by atoms with van der Waals surface area (Å²) in [6.07, 6.45) is 1.39. The molecule has 0 amide bonds. The van der Waals surface area contributed by atoms with Crippen molar-refractivity contribution in [2.45, 2.75) is 17.3 Å². The zero-order valence-corrected chi connectivity index (χ0v) is 13.8. The smallest absolute Gasteiger partial charge is 0.464 e. The van der Waals surface area contributed by atoms with Crippen molar-refractivity contribution in [3.8, 4) is 0 Å². The van der Waals surface area contributed by atoms with Crippen LogP contribution < -0.4 is 4.72 Å². The summed E-state index contributed by atoms with van der Waals surface area (Å²) in [6.45, 7) is 0. The van der Waals surface area contributed by atoms with Crippen LogP contribution in [-0.4, -0.2) is 31.5 Å². The van der Waals surface area contributed by atoms with E-state index >= 15 is 0 Å². The van der Waals surface area contributed by atoms with Crippen LogP contribution in [0.2, 0.25) is 0 Å². The minimum absolute atomic E-state index is 0.0393. The van der Waals surface area contributed by atoms with E-state index in [1.54, 1.807) is 24.3 Å². The molecule has 0 aliphatic heterocycles. The van der Waals surface area contributed by atoms with Crippen molar-refractivity contribution in [1.29, 1.82) is 0 Å². The molecule has 3 aromatic rings. The lowest BCUT2D eigenvalue weighted by Crippen LogP contribution is -2.47. The standard InChI is InChI=1S/C16H15BFNO5S/c18-13-6-2-4-8-15(13)25(22,23)19-16(17(20)21)9-11-10-24-14-7-3-1-5-12(11)14/h1-8,10,16,19-21H,9H2/t16-/m0/s1. The van der Waals surface area contributed by atoms with Gasteiger partial charge in [-0.25, -0.2) is 17.5 Å². The largest absolute Gasteiger partial charge is 0.471 e. The minimum atomic E-state index is -4.27. The van der Waals surface area contributed by atoms with Gasteiger partial charge in [0.15, 0.2) is 0 Å². The summed E-state index contributed by atoms with van der Waals surface area (Å²) in [6, 6.07) is 12.0. The molecular formula is C16H15BFNO5S. The van der Waals surface area contributed by atoms with Crippen molar-refractivity contribution < 1.29 is 27.3 Å². The molecule has 0 spiro atoms. The van der Waals surface area contributed by atoms with E-state index in [2.05, 4.69) is 4.72 Å². The van der Waals surface area contributed by atoms with E-state index in [-0.39, 0.29) is 6.42 Å². The molecule has 3 rings (SSSR count). The molecule has 25 heavy (non-hydrogen) atoms. The van der Waals surface area contributed by atoms with Crippen molar-refractivity contribution in [3.63, 3.8) is 0 Å². The maximum atomic E-state index is 13.8. The zero-order valence-electron chi connectivity index (χ0n) is 13.0. The summed E-state index contributed by atoms with van der Waals surface area (Å²) in [5.41, 5.74) is 1.20. The van der Waals surface area contributed by atoms with Crippen molar-refractivity contribution in [2.24, 2.45) is 0 Å². The number of halogens is 1. The Hall–Kier alpha value is -2.20. The number of rotatable bonds is 6. The quantitative estimate of drug-likeness (QED) is 0.576. The third kappa shape index (κ3) is 3.74. The molecule has 1 atom stereocenters. The Balaban J connectivity index is 1.88. The third-order valence-electron chi connectivity index (χ3n) is 3.79. The first-order valence-corrected chi connectivity index (χ1v) is 8.95. The molecule has 130 valence electrons. The van der Waals surface area contributed by atoms with Crippen LogP contribution in [0.1, 0.15) is 5.56 Å². The van der Waals surface area contributed by atoms with Crippen LogP contribution in [0.15, 0.2) is 64.1 Å². The highest BCUT2D eigenvalue weighted by Gasteiger charge is 2.31. The van der Waals surface area contributed by atoms with Gasteiger partial charge >= 0.3 is 7.12 Å². The van der Waals surface area contributed by atoms with E-state index in [0.717, 1.165) is 17.5 Å². The fraction of sp³-hybridized carbons (Fsp3) is 0.125. The predicted molar refractivity (Wildman–Crippen MR) is 90.6 cm³/mol. The van der Waals surface area contributed by atoms with E-state index in [0.29, 0.717) is 11.1 Å². The molecule has 1 aromatic heterocycles. The number of sulfonamides is 1. The van der Waals surface area contributed by atoms with E-state index in [1.807, 2.05) is 0 Å². The van der Waals surface area contributed by atoms with E-state index in [4.69, 9.17) is 4.42 Å². The number of hydrogen-bond acceptors (Lipinski definition) is 5. The minimum Gasteiger partial charge on any atom is -0.464 e. The van der Waals surface area contributed by atoms with Crippen LogP contribution in [-0.2, 0) is 16.4 Å². The number of para-hydroxylation sites is 1. The van der Waals surface area contributed by atoms with Crippen LogP contribution in [0, 0.1) is 5.82 Å². The Bertz CT molecular complexity index is 989. The molecule has 0 aliphatic carbocycles. The first-order chi connectivity index (χ1) is 11.9. The molecule has 0 radical (unpaired) electrons. The Morgan fingerprint density at radius 3 is 2.52 bits per heavy atom. The van der Waals surface area contributed by atoms with Crippen LogP contribution in [0.3, 0.4) is 0 Å². The molecule has 2 aromatic carbocycles. The van der Waals surface area contributed by atoms with Gasteiger partial charge < -0.3 is 14.5 Å². The monoisotopic (exact) mass is 363 g/mol. The average molecular weight is 363 g/mol. The van der Waals surface area contributed by atoms with Crippen LogP contribution in [0.4, 0.5) is 4.39 Å². The Morgan fingerprint density at radius 1 is 1.12 bits per heavy atom. The maximum absolute atomic E-state index is 13.8. The van der Waals surface area contributed by atoms with Gasteiger partial charge in [0.05, 0.1) is 12.2 Å². The van der Waals surface area contributed by atoms with E-state index in [1.165, 1.54) is 18.4 Å². The van der Waals surface area contributed by atoms with Gasteiger partial charge in [0.1, 0.15) is 16.3 Å². The Kier molecular flexibility index (Phi) is 4.91. The molecule has 0 fully saturated rings. The average Bonchev–Trinajstić information content (AvgIpc) is 2.97. The van der Waals surface area contributed by atoms with E-state index < -0.39 is 33.8 Å². The number of fused-ring (bicyclic) bond motifs is 1. The first-order valence-electron chi connectivity index (χ1n) is 7.46. The second kappa shape index (κ2) is 6.97. The van der Waals surface area contributed by atoms with Crippen molar-refractivity contribution in [1.82, 2.24) is 4.72 Å². The molecule has 0 saturated heterocycles. The lowest BCUT2D eigenvalue weighted by atomic mass is 9.77. The summed E-state index contributed by atoms with van der Waals surface area (Å²) in [4.78, 5) is -0.558. The highest BCUT2D eigenvalue weighted by Crippen LogP contribution is 2.23. The molecule has 0 unspecified atom stereocenters. The van der Waals surface area contributed by atoms with Gasteiger partial charge in [0.2, 0.25) is 10.0 Å². The van der Waals surface area contributed by atoms with Gasteiger partial charge in [0, 0.05) is 5.39 Å². The summed E-state index contributed by atoms with van der Waals surface area (Å²) >= 11 is 0. The normalized spacial score (nSPS) is 13.1. The summed E-state index contributed by atoms with van der Waals surface area (Å²) in [7, 11) is -6.24. The summed E-state index contributed by atoms with van der Waals surface area (Å²) in [5.74, 6) is -2.19. The van der Waals surface area contributed by atoms with Gasteiger partial charge in [-0.3, -0.25) is 0 Å². The van der Waals surface area contributed by atoms with Gasteiger partial charge in [-0.2, -0.15) is 0 Å². The fourth-order valence-electron chi connectivity index (χ4n) is 2.56. The maximum Gasteiger partial charge on any atom is 0.471 e. The second-order valence-electron chi connectivity index (χ2n) is 5.53. The SMILES string of the molecule is O=S(=O)(N[C@@H](Cc1coc2ccccc12)B(O)O)c1ccccc1F. The molecule has 0 bridgehead atoms. The first kappa shape index (κ1) is 17.6. The highest BCUT2D eigenvalue weighted by atomic mass is 32.2. The number of furan rings is 1. The van der Waals surface area contributed by atoms with Gasteiger partial charge in [-0.05, 0) is 30.2 Å². The molecule has 3 N–H and O–H groups in total. The number of hydrogen-bond donors (Lipinski definition) is 3.